The Morgan fingerprint density at radius 2 is 2.11 bits per heavy atom. The van der Waals surface area contributed by atoms with Gasteiger partial charge in [-0.1, -0.05) is 26.0 Å². The van der Waals surface area contributed by atoms with Gasteiger partial charge < -0.3 is 10.1 Å². The molecule has 1 rings (SSSR count). The van der Waals surface area contributed by atoms with E-state index in [1.807, 2.05) is 19.9 Å². The van der Waals surface area contributed by atoms with E-state index in [0.29, 0.717) is 12.1 Å². The molecule has 0 spiro atoms. The van der Waals surface area contributed by atoms with Gasteiger partial charge in [-0.2, -0.15) is 0 Å². The van der Waals surface area contributed by atoms with Gasteiger partial charge >= 0.3 is 5.97 Å². The first-order chi connectivity index (χ1) is 8.45. The Morgan fingerprint density at radius 3 is 2.61 bits per heavy atom. The van der Waals surface area contributed by atoms with E-state index in [1.54, 1.807) is 13.0 Å². The first kappa shape index (κ1) is 14.6. The topological polar surface area (TPSA) is 38.3 Å². The van der Waals surface area contributed by atoms with Crippen molar-refractivity contribution in [2.24, 2.45) is 5.92 Å². The summed E-state index contributed by atoms with van der Waals surface area (Å²) >= 11 is 0. The van der Waals surface area contributed by atoms with Crippen LogP contribution < -0.4 is 5.32 Å². The number of hydrogen-bond donors (Lipinski definition) is 1. The van der Waals surface area contributed by atoms with E-state index in [9.17, 15) is 9.18 Å². The predicted octanol–water partition coefficient (Wildman–Crippen LogP) is 2.42. The fourth-order valence-electron chi connectivity index (χ4n) is 1.69. The van der Waals surface area contributed by atoms with Crippen LogP contribution in [0.3, 0.4) is 0 Å². The second-order valence-electron chi connectivity index (χ2n) is 4.71. The minimum Gasteiger partial charge on any atom is -0.468 e. The molecular formula is C14H20FNO2. The number of aryl methyl sites for hydroxylation is 1. The molecule has 0 radical (unpaired) electrons. The third-order valence-electron chi connectivity index (χ3n) is 2.88. The number of hydrogen-bond acceptors (Lipinski definition) is 3. The molecule has 4 heteroatoms. The summed E-state index contributed by atoms with van der Waals surface area (Å²) in [6, 6.07) is 4.69. The van der Waals surface area contributed by atoms with E-state index in [-0.39, 0.29) is 23.7 Å². The SMILES string of the molecule is COC(=O)[C@@H](NCc1ccc(C)c(F)c1)C(C)C. The molecule has 0 amide bonds. The summed E-state index contributed by atoms with van der Waals surface area (Å²) in [4.78, 5) is 11.5. The highest BCUT2D eigenvalue weighted by Crippen LogP contribution is 2.10. The Kier molecular flexibility index (Phi) is 5.28. The van der Waals surface area contributed by atoms with Gasteiger partial charge in [0.1, 0.15) is 11.9 Å². The van der Waals surface area contributed by atoms with Gasteiger partial charge in [0.2, 0.25) is 0 Å². The molecule has 3 nitrogen and oxygen atoms in total. The van der Waals surface area contributed by atoms with Crippen LogP contribution in [0.2, 0.25) is 0 Å². The van der Waals surface area contributed by atoms with Gasteiger partial charge in [0.25, 0.3) is 0 Å². The molecule has 0 saturated heterocycles. The van der Waals surface area contributed by atoms with E-state index in [4.69, 9.17) is 4.74 Å². The molecule has 0 aromatic heterocycles. The summed E-state index contributed by atoms with van der Waals surface area (Å²) in [6.07, 6.45) is 0. The highest BCUT2D eigenvalue weighted by atomic mass is 19.1. The van der Waals surface area contributed by atoms with Crippen molar-refractivity contribution in [2.45, 2.75) is 33.4 Å². The Balaban J connectivity index is 2.67. The Bertz CT molecular complexity index is 418. The lowest BCUT2D eigenvalue weighted by molar-refractivity contribution is -0.144. The van der Waals surface area contributed by atoms with Crippen LogP contribution in [0.1, 0.15) is 25.0 Å². The quantitative estimate of drug-likeness (QED) is 0.819. The lowest BCUT2D eigenvalue weighted by Gasteiger charge is -2.19. The van der Waals surface area contributed by atoms with E-state index in [2.05, 4.69) is 5.32 Å². The first-order valence-corrected chi connectivity index (χ1v) is 6.02. The van der Waals surface area contributed by atoms with Crippen molar-refractivity contribution in [3.63, 3.8) is 0 Å². The van der Waals surface area contributed by atoms with Crippen molar-refractivity contribution in [2.75, 3.05) is 7.11 Å². The third-order valence-corrected chi connectivity index (χ3v) is 2.88. The molecule has 18 heavy (non-hydrogen) atoms. The van der Waals surface area contributed by atoms with Crippen molar-refractivity contribution in [1.29, 1.82) is 0 Å². The molecule has 0 saturated carbocycles. The zero-order valence-electron chi connectivity index (χ0n) is 11.3. The highest BCUT2D eigenvalue weighted by Gasteiger charge is 2.22. The zero-order valence-corrected chi connectivity index (χ0v) is 11.3. The second-order valence-corrected chi connectivity index (χ2v) is 4.71. The van der Waals surface area contributed by atoms with Gasteiger partial charge in [-0.05, 0) is 30.0 Å². The van der Waals surface area contributed by atoms with Gasteiger partial charge in [0, 0.05) is 6.54 Å². The second kappa shape index (κ2) is 6.50. The monoisotopic (exact) mass is 253 g/mol. The summed E-state index contributed by atoms with van der Waals surface area (Å²) < 4.78 is 18.1. The summed E-state index contributed by atoms with van der Waals surface area (Å²) in [5, 5.41) is 3.09. The minimum atomic E-state index is -0.376. The molecule has 1 atom stereocenters. The number of rotatable bonds is 5. The summed E-state index contributed by atoms with van der Waals surface area (Å²) in [5.74, 6) is -0.404. The van der Waals surface area contributed by atoms with E-state index < -0.39 is 0 Å². The molecular weight excluding hydrogens is 233 g/mol. The molecule has 1 aromatic rings. The number of halogens is 1. The van der Waals surface area contributed by atoms with Crippen molar-refractivity contribution in [1.82, 2.24) is 5.32 Å². The molecule has 0 aliphatic rings. The molecule has 0 unspecified atom stereocenters. The lowest BCUT2D eigenvalue weighted by Crippen LogP contribution is -2.41. The maximum Gasteiger partial charge on any atom is 0.323 e. The average Bonchev–Trinajstić information content (AvgIpc) is 2.33. The van der Waals surface area contributed by atoms with Crippen LogP contribution >= 0.6 is 0 Å². The van der Waals surface area contributed by atoms with E-state index in [1.165, 1.54) is 13.2 Å². The fraction of sp³-hybridized carbons (Fsp3) is 0.500. The number of carbonyl (C=O) groups excluding carboxylic acids is 1. The van der Waals surface area contributed by atoms with Gasteiger partial charge in [0.05, 0.1) is 7.11 Å². The van der Waals surface area contributed by atoms with Crippen LogP contribution in [0.25, 0.3) is 0 Å². The van der Waals surface area contributed by atoms with Crippen LogP contribution in [0.4, 0.5) is 4.39 Å². The molecule has 0 aliphatic carbocycles. The van der Waals surface area contributed by atoms with Gasteiger partial charge in [-0.25, -0.2) is 4.39 Å². The maximum absolute atomic E-state index is 13.4. The van der Waals surface area contributed by atoms with E-state index in [0.717, 1.165) is 5.56 Å². The normalized spacial score (nSPS) is 12.6. The van der Waals surface area contributed by atoms with Crippen molar-refractivity contribution < 1.29 is 13.9 Å². The van der Waals surface area contributed by atoms with Crippen LogP contribution in [-0.4, -0.2) is 19.1 Å². The number of benzene rings is 1. The van der Waals surface area contributed by atoms with Crippen molar-refractivity contribution in [3.8, 4) is 0 Å². The molecule has 0 bridgehead atoms. The lowest BCUT2D eigenvalue weighted by atomic mass is 10.0. The molecule has 100 valence electrons. The third kappa shape index (κ3) is 3.81. The number of ether oxygens (including phenoxy) is 1. The van der Waals surface area contributed by atoms with Crippen LogP contribution in [0.15, 0.2) is 18.2 Å². The average molecular weight is 253 g/mol. The van der Waals surface area contributed by atoms with Crippen LogP contribution in [-0.2, 0) is 16.1 Å². The Labute approximate surface area is 107 Å². The van der Waals surface area contributed by atoms with Crippen molar-refractivity contribution in [3.05, 3.63) is 35.1 Å². The van der Waals surface area contributed by atoms with Crippen LogP contribution in [0.5, 0.6) is 0 Å². The summed E-state index contributed by atoms with van der Waals surface area (Å²) in [7, 11) is 1.37. The largest absolute Gasteiger partial charge is 0.468 e. The highest BCUT2D eigenvalue weighted by molar-refractivity contribution is 5.75. The van der Waals surface area contributed by atoms with E-state index >= 15 is 0 Å². The zero-order chi connectivity index (χ0) is 13.7. The standard InChI is InChI=1S/C14H20FNO2/c1-9(2)13(14(17)18-4)16-8-11-6-5-10(3)12(15)7-11/h5-7,9,13,16H,8H2,1-4H3/t13-/m0/s1. The first-order valence-electron chi connectivity index (χ1n) is 6.02. The van der Waals surface area contributed by atoms with Crippen LogP contribution in [0, 0.1) is 18.7 Å². The van der Waals surface area contributed by atoms with Gasteiger partial charge in [-0.15, -0.1) is 0 Å². The fourth-order valence-corrected chi connectivity index (χ4v) is 1.69. The maximum atomic E-state index is 13.4. The molecule has 0 heterocycles. The summed E-state index contributed by atoms with van der Waals surface area (Å²) in [6.45, 7) is 6.03. The minimum absolute atomic E-state index is 0.118. The molecule has 1 aromatic carbocycles. The van der Waals surface area contributed by atoms with Gasteiger partial charge in [-0.3, -0.25) is 4.79 Å². The number of esters is 1. The molecule has 0 fully saturated rings. The summed E-state index contributed by atoms with van der Waals surface area (Å²) in [5.41, 5.74) is 1.43. The number of nitrogens with one attached hydrogen (secondary N) is 1. The van der Waals surface area contributed by atoms with Gasteiger partial charge in [0.15, 0.2) is 0 Å². The number of carbonyl (C=O) groups is 1. The smallest absolute Gasteiger partial charge is 0.323 e. The molecule has 1 N–H and O–H groups in total. The number of methoxy groups -OCH3 is 1. The Hall–Kier alpha value is -1.42. The Morgan fingerprint density at radius 1 is 1.44 bits per heavy atom. The van der Waals surface area contributed by atoms with Crippen molar-refractivity contribution >= 4 is 5.97 Å². The molecule has 0 aliphatic heterocycles. The predicted molar refractivity (Wildman–Crippen MR) is 68.6 cm³/mol.